The first-order valence-corrected chi connectivity index (χ1v) is 7.12. The molecule has 1 aromatic carbocycles. The van der Waals surface area contributed by atoms with Gasteiger partial charge >= 0.3 is 6.18 Å². The minimum absolute atomic E-state index is 0.230. The van der Waals surface area contributed by atoms with Gasteiger partial charge in [-0.05, 0) is 24.5 Å². The van der Waals surface area contributed by atoms with E-state index in [0.717, 1.165) is 18.9 Å². The van der Waals surface area contributed by atoms with Gasteiger partial charge in [-0.2, -0.15) is 18.2 Å². The van der Waals surface area contributed by atoms with E-state index in [0.29, 0.717) is 24.3 Å². The smallest absolute Gasteiger partial charge is 0.340 e. The predicted octanol–water partition coefficient (Wildman–Crippen LogP) is 3.56. The highest BCUT2D eigenvalue weighted by Crippen LogP contribution is 2.35. The maximum absolute atomic E-state index is 13.1. The third kappa shape index (κ3) is 3.47. The van der Waals surface area contributed by atoms with Crippen LogP contribution in [0.3, 0.4) is 0 Å². The standard InChI is InChI=1S/C15H16F3N3O/c1-10-19-14(20-22-10)9-21(12-6-7-12)8-11-4-2-3-5-13(11)15(16,17)18/h2-5,12H,6-9H2,1H3. The normalized spacial score (nSPS) is 15.5. The van der Waals surface area contributed by atoms with Crippen LogP contribution >= 0.6 is 0 Å². The maximum atomic E-state index is 13.1. The molecule has 1 aliphatic carbocycles. The summed E-state index contributed by atoms with van der Waals surface area (Å²) in [5.74, 6) is 0.968. The minimum Gasteiger partial charge on any atom is -0.340 e. The van der Waals surface area contributed by atoms with Crippen LogP contribution < -0.4 is 0 Å². The first-order chi connectivity index (χ1) is 10.4. The lowest BCUT2D eigenvalue weighted by molar-refractivity contribution is -0.138. The molecule has 1 saturated carbocycles. The van der Waals surface area contributed by atoms with Gasteiger partial charge in [-0.3, -0.25) is 4.90 Å². The van der Waals surface area contributed by atoms with Gasteiger partial charge in [0.2, 0.25) is 5.89 Å². The van der Waals surface area contributed by atoms with Crippen molar-refractivity contribution in [1.29, 1.82) is 0 Å². The quantitative estimate of drug-likeness (QED) is 0.846. The van der Waals surface area contributed by atoms with Crippen LogP contribution in [-0.2, 0) is 19.3 Å². The van der Waals surface area contributed by atoms with Crippen LogP contribution in [0.4, 0.5) is 13.2 Å². The van der Waals surface area contributed by atoms with Crippen molar-refractivity contribution in [3.8, 4) is 0 Å². The van der Waals surface area contributed by atoms with Crippen LogP contribution in [0.1, 0.15) is 35.7 Å². The van der Waals surface area contributed by atoms with Crippen LogP contribution in [0.2, 0.25) is 0 Å². The lowest BCUT2D eigenvalue weighted by Gasteiger charge is -2.22. The number of aryl methyl sites for hydroxylation is 1. The summed E-state index contributed by atoms with van der Waals surface area (Å²) in [5.41, 5.74) is -0.299. The van der Waals surface area contributed by atoms with Crippen LogP contribution in [0.25, 0.3) is 0 Å². The van der Waals surface area contributed by atoms with Crippen LogP contribution in [0.5, 0.6) is 0 Å². The minimum atomic E-state index is -4.34. The Morgan fingerprint density at radius 2 is 1.95 bits per heavy atom. The Labute approximate surface area is 125 Å². The van der Waals surface area contributed by atoms with E-state index in [-0.39, 0.29) is 12.1 Å². The Hall–Kier alpha value is -1.89. The molecule has 1 aromatic heterocycles. The Kier molecular flexibility index (Phi) is 3.90. The monoisotopic (exact) mass is 311 g/mol. The van der Waals surface area contributed by atoms with Gasteiger partial charge in [0.05, 0.1) is 12.1 Å². The molecule has 0 N–H and O–H groups in total. The average Bonchev–Trinajstić information content (AvgIpc) is 3.22. The van der Waals surface area contributed by atoms with Crippen LogP contribution in [0, 0.1) is 6.92 Å². The SMILES string of the molecule is Cc1nc(CN(Cc2ccccc2C(F)(F)F)C2CC2)no1. The first-order valence-electron chi connectivity index (χ1n) is 7.12. The molecule has 0 amide bonds. The van der Waals surface area contributed by atoms with E-state index < -0.39 is 11.7 Å². The Morgan fingerprint density at radius 3 is 2.55 bits per heavy atom. The largest absolute Gasteiger partial charge is 0.416 e. The topological polar surface area (TPSA) is 42.2 Å². The second kappa shape index (κ2) is 5.72. The molecule has 0 atom stereocenters. The summed E-state index contributed by atoms with van der Waals surface area (Å²) in [6.07, 6.45) is -2.36. The molecule has 118 valence electrons. The number of aromatic nitrogens is 2. The fourth-order valence-electron chi connectivity index (χ4n) is 2.49. The molecule has 1 aliphatic rings. The molecule has 0 aliphatic heterocycles. The fraction of sp³-hybridized carbons (Fsp3) is 0.467. The van der Waals surface area contributed by atoms with Crippen molar-refractivity contribution in [2.75, 3.05) is 0 Å². The van der Waals surface area contributed by atoms with Crippen molar-refractivity contribution >= 4 is 0 Å². The van der Waals surface area contributed by atoms with Gasteiger partial charge < -0.3 is 4.52 Å². The Bertz CT molecular complexity index is 649. The first kappa shape index (κ1) is 15.0. The second-order valence-electron chi connectivity index (χ2n) is 5.52. The molecule has 3 rings (SSSR count). The van der Waals surface area contributed by atoms with Gasteiger partial charge in [-0.25, -0.2) is 0 Å². The molecule has 0 saturated heterocycles. The number of hydrogen-bond donors (Lipinski definition) is 0. The molecule has 2 aromatic rings. The summed E-state index contributed by atoms with van der Waals surface area (Å²) in [6.45, 7) is 2.32. The number of nitrogens with zero attached hydrogens (tertiary/aromatic N) is 3. The summed E-state index contributed by atoms with van der Waals surface area (Å²) in [7, 11) is 0. The number of alkyl halides is 3. The zero-order valence-corrected chi connectivity index (χ0v) is 12.1. The number of benzene rings is 1. The van der Waals surface area contributed by atoms with Crippen LogP contribution in [-0.4, -0.2) is 21.1 Å². The summed E-state index contributed by atoms with van der Waals surface area (Å²) in [5, 5.41) is 3.83. The van der Waals surface area contributed by atoms with E-state index in [1.54, 1.807) is 13.0 Å². The molecule has 0 bridgehead atoms. The molecular weight excluding hydrogens is 295 g/mol. The zero-order chi connectivity index (χ0) is 15.7. The molecule has 7 heteroatoms. The highest BCUT2D eigenvalue weighted by atomic mass is 19.4. The molecule has 1 heterocycles. The maximum Gasteiger partial charge on any atom is 0.416 e. The van der Waals surface area contributed by atoms with Crippen LogP contribution in [0.15, 0.2) is 28.8 Å². The van der Waals surface area contributed by atoms with Crippen molar-refractivity contribution in [2.45, 2.75) is 45.1 Å². The van der Waals surface area contributed by atoms with Gasteiger partial charge in [0.1, 0.15) is 0 Å². The van der Waals surface area contributed by atoms with Gasteiger partial charge in [0.25, 0.3) is 0 Å². The lowest BCUT2D eigenvalue weighted by atomic mass is 10.1. The third-order valence-corrected chi connectivity index (χ3v) is 3.67. The van der Waals surface area contributed by atoms with Gasteiger partial charge in [-0.15, -0.1) is 0 Å². The van der Waals surface area contributed by atoms with Gasteiger partial charge in [-0.1, -0.05) is 23.4 Å². The molecule has 22 heavy (non-hydrogen) atoms. The van der Waals surface area contributed by atoms with Crippen molar-refractivity contribution in [3.05, 3.63) is 47.1 Å². The summed E-state index contributed by atoms with van der Waals surface area (Å²) in [4.78, 5) is 6.11. The number of rotatable bonds is 5. The zero-order valence-electron chi connectivity index (χ0n) is 12.1. The van der Waals surface area contributed by atoms with Crippen molar-refractivity contribution < 1.29 is 17.7 Å². The fourth-order valence-corrected chi connectivity index (χ4v) is 2.49. The summed E-state index contributed by atoms with van der Waals surface area (Å²) < 4.78 is 44.2. The van der Waals surface area contributed by atoms with E-state index in [9.17, 15) is 13.2 Å². The van der Waals surface area contributed by atoms with Crippen molar-refractivity contribution in [3.63, 3.8) is 0 Å². The van der Waals surface area contributed by atoms with Gasteiger partial charge in [0, 0.05) is 19.5 Å². The molecule has 0 radical (unpaired) electrons. The molecule has 4 nitrogen and oxygen atoms in total. The average molecular weight is 311 g/mol. The van der Waals surface area contributed by atoms with E-state index in [4.69, 9.17) is 4.52 Å². The van der Waals surface area contributed by atoms with E-state index in [1.165, 1.54) is 12.1 Å². The summed E-state index contributed by atoms with van der Waals surface area (Å²) >= 11 is 0. The van der Waals surface area contributed by atoms with E-state index >= 15 is 0 Å². The second-order valence-corrected chi connectivity index (χ2v) is 5.52. The molecular formula is C15H16F3N3O. The van der Waals surface area contributed by atoms with E-state index in [1.807, 2.05) is 4.90 Å². The van der Waals surface area contributed by atoms with Crippen molar-refractivity contribution in [2.24, 2.45) is 0 Å². The number of hydrogen-bond acceptors (Lipinski definition) is 4. The van der Waals surface area contributed by atoms with E-state index in [2.05, 4.69) is 10.1 Å². The van der Waals surface area contributed by atoms with Gasteiger partial charge in [0.15, 0.2) is 5.82 Å². The number of halogens is 3. The molecule has 1 fully saturated rings. The Balaban J connectivity index is 1.80. The highest BCUT2D eigenvalue weighted by molar-refractivity contribution is 5.29. The molecule has 0 unspecified atom stereocenters. The lowest BCUT2D eigenvalue weighted by Crippen LogP contribution is -2.27. The van der Waals surface area contributed by atoms with Crippen molar-refractivity contribution in [1.82, 2.24) is 15.0 Å². The predicted molar refractivity (Wildman–Crippen MR) is 72.7 cm³/mol. The molecule has 0 spiro atoms. The summed E-state index contributed by atoms with van der Waals surface area (Å²) in [6, 6.07) is 5.99. The Morgan fingerprint density at radius 1 is 1.23 bits per heavy atom. The highest BCUT2D eigenvalue weighted by Gasteiger charge is 2.35. The third-order valence-electron chi connectivity index (χ3n) is 3.67.